The molecule has 2 heterocycles. The average Bonchev–Trinajstić information content (AvgIpc) is 2.86. The molecule has 1 N–H and O–H groups in total. The van der Waals surface area contributed by atoms with E-state index in [4.69, 9.17) is 4.74 Å². The number of hydrogen-bond acceptors (Lipinski definition) is 3. The predicted octanol–water partition coefficient (Wildman–Crippen LogP) is 2.63. The molecule has 3 rings (SSSR count). The maximum atomic E-state index is 5.37. The van der Waals surface area contributed by atoms with Gasteiger partial charge in [0.1, 0.15) is 5.75 Å². The number of methoxy groups -OCH3 is 1. The first-order valence-electron chi connectivity index (χ1n) is 5.32. The van der Waals surface area contributed by atoms with E-state index in [0.29, 0.717) is 5.65 Å². The van der Waals surface area contributed by atoms with Crippen LogP contribution < -0.4 is 4.74 Å². The number of benzene rings is 1. The van der Waals surface area contributed by atoms with Gasteiger partial charge in [0.05, 0.1) is 7.11 Å². The summed E-state index contributed by atoms with van der Waals surface area (Å²) in [5.41, 5.74) is 2.83. The molecule has 2 aromatic heterocycles. The number of H-pyrrole nitrogens is 1. The molecule has 0 aliphatic rings. The third-order valence-corrected chi connectivity index (χ3v) is 2.75. The average molecular weight is 225 g/mol. The fourth-order valence-electron chi connectivity index (χ4n) is 1.95. The number of aromatic amines is 1. The van der Waals surface area contributed by atoms with E-state index in [2.05, 4.69) is 15.2 Å². The zero-order valence-corrected chi connectivity index (χ0v) is 9.34. The first-order valence-corrected chi connectivity index (χ1v) is 5.32. The minimum absolute atomic E-state index is 0.716. The van der Waals surface area contributed by atoms with Gasteiger partial charge < -0.3 is 4.74 Å². The fourth-order valence-corrected chi connectivity index (χ4v) is 1.95. The molecule has 84 valence electrons. The third kappa shape index (κ3) is 1.54. The summed E-state index contributed by atoms with van der Waals surface area (Å²) in [5, 5.41) is 7.91. The lowest BCUT2D eigenvalue weighted by Crippen LogP contribution is -1.88. The number of fused-ring (bicyclic) bond motifs is 1. The molecule has 0 saturated carbocycles. The zero-order valence-electron chi connectivity index (χ0n) is 9.34. The van der Waals surface area contributed by atoms with Crippen molar-refractivity contribution in [2.75, 3.05) is 7.11 Å². The van der Waals surface area contributed by atoms with E-state index >= 15 is 0 Å². The van der Waals surface area contributed by atoms with E-state index in [1.807, 2.05) is 36.5 Å². The van der Waals surface area contributed by atoms with Crippen molar-refractivity contribution in [2.24, 2.45) is 0 Å². The van der Waals surface area contributed by atoms with Gasteiger partial charge in [0.15, 0.2) is 5.65 Å². The van der Waals surface area contributed by atoms with Crippen LogP contribution in [-0.2, 0) is 0 Å². The molecule has 0 bridgehead atoms. The largest absolute Gasteiger partial charge is 0.496 e. The summed E-state index contributed by atoms with van der Waals surface area (Å²) in [5.74, 6) is 0.848. The second-order valence-corrected chi connectivity index (χ2v) is 3.68. The van der Waals surface area contributed by atoms with Crippen LogP contribution in [0.25, 0.3) is 22.2 Å². The Morgan fingerprint density at radius 2 is 2.00 bits per heavy atom. The van der Waals surface area contributed by atoms with E-state index in [-0.39, 0.29) is 0 Å². The van der Waals surface area contributed by atoms with Crippen LogP contribution in [0.3, 0.4) is 0 Å². The molecule has 0 aliphatic carbocycles. The second kappa shape index (κ2) is 3.90. The summed E-state index contributed by atoms with van der Waals surface area (Å²) in [7, 11) is 1.67. The fraction of sp³-hybridized carbons (Fsp3) is 0.0769. The van der Waals surface area contributed by atoms with Crippen LogP contribution in [0.15, 0.2) is 42.7 Å². The van der Waals surface area contributed by atoms with E-state index in [1.54, 1.807) is 13.3 Å². The molecule has 0 saturated heterocycles. The van der Waals surface area contributed by atoms with Crippen LogP contribution in [0.1, 0.15) is 0 Å². The van der Waals surface area contributed by atoms with Gasteiger partial charge in [0.2, 0.25) is 0 Å². The van der Waals surface area contributed by atoms with Crippen molar-refractivity contribution in [3.05, 3.63) is 42.7 Å². The topological polar surface area (TPSA) is 50.8 Å². The monoisotopic (exact) mass is 225 g/mol. The van der Waals surface area contributed by atoms with Gasteiger partial charge in [-0.15, -0.1) is 0 Å². The lowest BCUT2D eigenvalue weighted by molar-refractivity contribution is 0.416. The normalized spacial score (nSPS) is 10.6. The molecule has 0 radical (unpaired) electrons. The summed E-state index contributed by atoms with van der Waals surface area (Å²) < 4.78 is 5.37. The van der Waals surface area contributed by atoms with Crippen LogP contribution in [0.5, 0.6) is 5.75 Å². The van der Waals surface area contributed by atoms with Crippen molar-refractivity contribution in [3.8, 4) is 16.9 Å². The Morgan fingerprint density at radius 3 is 2.88 bits per heavy atom. The molecule has 0 unspecified atom stereocenters. The number of pyridine rings is 1. The van der Waals surface area contributed by atoms with Crippen LogP contribution in [0.2, 0.25) is 0 Å². The smallest absolute Gasteiger partial charge is 0.181 e. The molecule has 0 spiro atoms. The van der Waals surface area contributed by atoms with Gasteiger partial charge in [0.25, 0.3) is 0 Å². The number of nitrogens with one attached hydrogen (secondary N) is 1. The molecular formula is C13H11N3O. The molecule has 4 heteroatoms. The second-order valence-electron chi connectivity index (χ2n) is 3.68. The van der Waals surface area contributed by atoms with Crippen molar-refractivity contribution >= 4 is 11.0 Å². The van der Waals surface area contributed by atoms with Gasteiger partial charge in [0, 0.05) is 23.3 Å². The molecule has 0 fully saturated rings. The van der Waals surface area contributed by atoms with Crippen LogP contribution >= 0.6 is 0 Å². The predicted molar refractivity (Wildman–Crippen MR) is 65.9 cm³/mol. The minimum atomic E-state index is 0.716. The van der Waals surface area contributed by atoms with Gasteiger partial charge in [-0.2, -0.15) is 5.10 Å². The quantitative estimate of drug-likeness (QED) is 0.729. The van der Waals surface area contributed by atoms with Crippen LogP contribution in [0, 0.1) is 0 Å². The lowest BCUT2D eigenvalue weighted by Gasteiger charge is -2.08. The van der Waals surface area contributed by atoms with Crippen molar-refractivity contribution in [3.63, 3.8) is 0 Å². The summed E-state index contributed by atoms with van der Waals surface area (Å²) in [6.07, 6.45) is 3.61. The molecule has 3 aromatic rings. The molecule has 0 amide bonds. The Bertz CT molecular complexity index is 660. The minimum Gasteiger partial charge on any atom is -0.496 e. The van der Waals surface area contributed by atoms with Gasteiger partial charge in [-0.3, -0.25) is 5.10 Å². The lowest BCUT2D eigenvalue weighted by atomic mass is 10.0. The number of aromatic nitrogens is 3. The van der Waals surface area contributed by atoms with Crippen LogP contribution in [-0.4, -0.2) is 22.3 Å². The summed E-state index contributed by atoms with van der Waals surface area (Å²) in [6.45, 7) is 0. The van der Waals surface area contributed by atoms with E-state index < -0.39 is 0 Å². The first-order chi connectivity index (χ1) is 8.40. The molecular weight excluding hydrogens is 214 g/mol. The summed E-state index contributed by atoms with van der Waals surface area (Å²) in [4.78, 5) is 4.20. The van der Waals surface area contributed by atoms with E-state index in [9.17, 15) is 0 Å². The van der Waals surface area contributed by atoms with Crippen molar-refractivity contribution in [1.82, 2.24) is 15.2 Å². The Labute approximate surface area is 98.3 Å². The third-order valence-electron chi connectivity index (χ3n) is 2.75. The molecule has 0 aliphatic heterocycles. The highest BCUT2D eigenvalue weighted by molar-refractivity contribution is 5.93. The number of ether oxygens (including phenoxy) is 1. The van der Waals surface area contributed by atoms with Gasteiger partial charge in [-0.25, -0.2) is 4.98 Å². The summed E-state index contributed by atoms with van der Waals surface area (Å²) >= 11 is 0. The van der Waals surface area contributed by atoms with E-state index in [0.717, 1.165) is 22.3 Å². The van der Waals surface area contributed by atoms with Gasteiger partial charge >= 0.3 is 0 Å². The van der Waals surface area contributed by atoms with Crippen molar-refractivity contribution < 1.29 is 4.74 Å². The molecule has 1 aromatic carbocycles. The molecule has 0 atom stereocenters. The Kier molecular flexibility index (Phi) is 2.26. The highest BCUT2D eigenvalue weighted by Crippen LogP contribution is 2.33. The highest BCUT2D eigenvalue weighted by atomic mass is 16.5. The Hall–Kier alpha value is -2.36. The maximum Gasteiger partial charge on any atom is 0.181 e. The van der Waals surface area contributed by atoms with Gasteiger partial charge in [-0.05, 0) is 17.7 Å². The number of para-hydroxylation sites is 1. The number of hydrogen-bond donors (Lipinski definition) is 1. The van der Waals surface area contributed by atoms with Crippen molar-refractivity contribution in [2.45, 2.75) is 0 Å². The maximum absolute atomic E-state index is 5.37. The molecule has 17 heavy (non-hydrogen) atoms. The van der Waals surface area contributed by atoms with Crippen molar-refractivity contribution in [1.29, 1.82) is 0 Å². The Morgan fingerprint density at radius 1 is 1.12 bits per heavy atom. The summed E-state index contributed by atoms with van der Waals surface area (Å²) in [6, 6.07) is 9.89. The van der Waals surface area contributed by atoms with Gasteiger partial charge in [-0.1, -0.05) is 18.2 Å². The SMILES string of the molecule is COc1ccccc1-c1ccnc2n[nH]cc12. The standard InChI is InChI=1S/C13H11N3O/c1-17-12-5-3-2-4-10(12)9-6-7-14-13-11(9)8-15-16-13/h2-8H,1H3,(H,14,15,16). The Balaban J connectivity index is 2.30. The first kappa shape index (κ1) is 9.84. The number of nitrogens with zero attached hydrogens (tertiary/aromatic N) is 2. The van der Waals surface area contributed by atoms with E-state index in [1.165, 1.54) is 0 Å². The highest BCUT2D eigenvalue weighted by Gasteiger charge is 2.09. The molecule has 4 nitrogen and oxygen atoms in total. The number of rotatable bonds is 2. The zero-order chi connectivity index (χ0) is 11.7. The van der Waals surface area contributed by atoms with Crippen LogP contribution in [0.4, 0.5) is 0 Å².